The van der Waals surface area contributed by atoms with Crippen molar-refractivity contribution in [2.24, 2.45) is 9.81 Å². The summed E-state index contributed by atoms with van der Waals surface area (Å²) < 4.78 is 20.9. The average Bonchev–Trinajstić information content (AvgIpc) is 1.88. The highest BCUT2D eigenvalue weighted by Gasteiger charge is 2.48. The van der Waals surface area contributed by atoms with E-state index in [-0.39, 0.29) is 4.75 Å². The van der Waals surface area contributed by atoms with Crippen LogP contribution in [0.5, 0.6) is 0 Å². The van der Waals surface area contributed by atoms with Gasteiger partial charge in [-0.1, -0.05) is 0 Å². The Bertz CT molecular complexity index is 290. The van der Waals surface area contributed by atoms with Gasteiger partial charge in [-0.2, -0.15) is 4.40 Å². The zero-order chi connectivity index (χ0) is 10.4. The van der Waals surface area contributed by atoms with E-state index >= 15 is 0 Å². The molecule has 1 unspecified atom stereocenters. The van der Waals surface area contributed by atoms with E-state index in [1.165, 1.54) is 0 Å². The smallest absolute Gasteiger partial charge is 0.144 e. The average molecular weight is 215 g/mol. The van der Waals surface area contributed by atoms with Crippen molar-refractivity contribution in [1.82, 2.24) is 0 Å². The van der Waals surface area contributed by atoms with Gasteiger partial charge in [-0.25, -0.2) is 4.21 Å². The van der Waals surface area contributed by atoms with Gasteiger partial charge in [-0.3, -0.25) is 0 Å². The molecule has 1 atom stereocenters. The highest BCUT2D eigenvalue weighted by Crippen LogP contribution is 2.45. The largest absolute Gasteiger partial charge is 0.380 e. The van der Waals surface area contributed by atoms with Crippen molar-refractivity contribution in [3.05, 3.63) is 0 Å². The van der Waals surface area contributed by atoms with E-state index in [0.717, 1.165) is 31.8 Å². The minimum atomic E-state index is -1.08. The summed E-state index contributed by atoms with van der Waals surface area (Å²) in [4.78, 5) is 0. The van der Waals surface area contributed by atoms with Gasteiger partial charge in [0.1, 0.15) is 11.0 Å². The van der Waals surface area contributed by atoms with Crippen LogP contribution in [0, 0.1) is 5.41 Å². The third-order valence-corrected chi connectivity index (χ3v) is 4.18. The van der Waals surface area contributed by atoms with Crippen LogP contribution in [-0.2, 0) is 15.7 Å². The van der Waals surface area contributed by atoms with Crippen molar-refractivity contribution in [3.63, 3.8) is 0 Å². The summed E-state index contributed by atoms with van der Waals surface area (Å²) in [5.41, 5.74) is 1.50. The first-order chi connectivity index (χ1) is 6.41. The van der Waals surface area contributed by atoms with Crippen molar-refractivity contribution in [2.75, 3.05) is 13.2 Å². The lowest BCUT2D eigenvalue weighted by atomic mass is 9.66. The number of hydrogen-bond acceptors (Lipinski definition) is 2. The second-order valence-electron chi connectivity index (χ2n) is 5.37. The van der Waals surface area contributed by atoms with Crippen LogP contribution >= 0.6 is 0 Å². The summed E-state index contributed by atoms with van der Waals surface area (Å²) in [6, 6.07) is 0. The van der Waals surface area contributed by atoms with Gasteiger partial charge in [0, 0.05) is 11.1 Å². The van der Waals surface area contributed by atoms with Crippen LogP contribution in [0.15, 0.2) is 4.40 Å². The van der Waals surface area contributed by atoms with Crippen LogP contribution in [0.4, 0.5) is 0 Å². The van der Waals surface area contributed by atoms with Gasteiger partial charge in [0.05, 0.1) is 18.0 Å². The van der Waals surface area contributed by atoms with Gasteiger partial charge in [0.15, 0.2) is 0 Å². The molecule has 2 rings (SSSR count). The Labute approximate surface area is 87.5 Å². The van der Waals surface area contributed by atoms with Crippen molar-refractivity contribution < 1.29 is 8.95 Å². The fourth-order valence-corrected chi connectivity index (χ4v) is 2.37. The van der Waals surface area contributed by atoms with Crippen LogP contribution in [0.1, 0.15) is 33.6 Å². The molecule has 0 radical (unpaired) electrons. The minimum Gasteiger partial charge on any atom is -0.380 e. The second-order valence-corrected chi connectivity index (χ2v) is 7.27. The summed E-state index contributed by atoms with van der Waals surface area (Å²) in [6.07, 6.45) is 1.99. The van der Waals surface area contributed by atoms with Crippen LogP contribution in [0.2, 0.25) is 0 Å². The fraction of sp³-hybridized carbons (Fsp3) is 0.900. The molecule has 0 bridgehead atoms. The highest BCUT2D eigenvalue weighted by atomic mass is 32.2. The molecule has 0 aromatic heterocycles. The van der Waals surface area contributed by atoms with Crippen LogP contribution < -0.4 is 0 Å². The SMILES string of the molecule is CC(C)(C)S(=O)N=C1CC2(COC2)C1. The molecule has 0 amide bonds. The Balaban J connectivity index is 1.92. The van der Waals surface area contributed by atoms with Gasteiger partial charge >= 0.3 is 0 Å². The van der Waals surface area contributed by atoms with Crippen LogP contribution in [0.25, 0.3) is 0 Å². The van der Waals surface area contributed by atoms with Gasteiger partial charge in [-0.15, -0.1) is 0 Å². The molecule has 1 saturated carbocycles. The summed E-state index contributed by atoms with van der Waals surface area (Å²) in [6.45, 7) is 7.60. The first-order valence-corrected chi connectivity index (χ1v) is 6.08. The third-order valence-electron chi connectivity index (χ3n) is 2.71. The Hall–Kier alpha value is -0.220. The maximum atomic E-state index is 11.7. The van der Waals surface area contributed by atoms with Crippen molar-refractivity contribution in [3.8, 4) is 0 Å². The second kappa shape index (κ2) is 3.14. The maximum Gasteiger partial charge on any atom is 0.144 e. The molecule has 1 aliphatic carbocycles. The van der Waals surface area contributed by atoms with Crippen molar-refractivity contribution in [2.45, 2.75) is 38.4 Å². The fourth-order valence-electron chi connectivity index (χ4n) is 1.73. The molecule has 4 heteroatoms. The summed E-state index contributed by atoms with van der Waals surface area (Å²) >= 11 is 0. The predicted molar refractivity (Wildman–Crippen MR) is 57.8 cm³/mol. The Morgan fingerprint density at radius 3 is 2.29 bits per heavy atom. The van der Waals surface area contributed by atoms with Crippen LogP contribution in [0.3, 0.4) is 0 Å². The topological polar surface area (TPSA) is 38.7 Å². The standard InChI is InChI=1S/C10H17NO2S/c1-9(2,3)14(12)11-8-4-10(5-8)6-13-7-10/h4-7H2,1-3H3. The lowest BCUT2D eigenvalue weighted by Gasteiger charge is -2.49. The molecule has 1 saturated heterocycles. The van der Waals surface area contributed by atoms with E-state index in [1.807, 2.05) is 20.8 Å². The molecule has 3 nitrogen and oxygen atoms in total. The quantitative estimate of drug-likeness (QED) is 0.668. The molecule has 0 aromatic rings. The van der Waals surface area contributed by atoms with Gasteiger partial charge in [0.2, 0.25) is 0 Å². The predicted octanol–water partition coefficient (Wildman–Crippen LogP) is 1.70. The molecular formula is C10H17NO2S. The molecule has 0 aromatic carbocycles. The van der Waals surface area contributed by atoms with E-state index in [9.17, 15) is 4.21 Å². The van der Waals surface area contributed by atoms with Gasteiger partial charge in [0.25, 0.3) is 0 Å². The number of ether oxygens (including phenoxy) is 1. The number of nitrogens with zero attached hydrogens (tertiary/aromatic N) is 1. The lowest BCUT2D eigenvalue weighted by Crippen LogP contribution is -2.52. The van der Waals surface area contributed by atoms with E-state index in [4.69, 9.17) is 4.74 Å². The summed E-state index contributed by atoms with van der Waals surface area (Å²) in [7, 11) is -1.08. The van der Waals surface area contributed by atoms with E-state index in [2.05, 4.69) is 4.40 Å². The zero-order valence-electron chi connectivity index (χ0n) is 9.00. The van der Waals surface area contributed by atoms with Gasteiger partial charge in [-0.05, 0) is 33.6 Å². The zero-order valence-corrected chi connectivity index (χ0v) is 9.82. The maximum absolute atomic E-state index is 11.7. The summed E-state index contributed by atoms with van der Waals surface area (Å²) in [5.74, 6) is 0. The first-order valence-electron chi connectivity index (χ1n) is 4.98. The number of hydrogen-bond donors (Lipinski definition) is 0. The molecule has 1 spiro atoms. The Kier molecular flexibility index (Phi) is 2.31. The Morgan fingerprint density at radius 1 is 1.36 bits per heavy atom. The normalized spacial score (nSPS) is 26.6. The molecule has 0 N–H and O–H groups in total. The third kappa shape index (κ3) is 1.77. The molecule has 2 fully saturated rings. The minimum absolute atomic E-state index is 0.230. The number of rotatable bonds is 1. The monoisotopic (exact) mass is 215 g/mol. The van der Waals surface area contributed by atoms with Crippen LogP contribution in [-0.4, -0.2) is 27.9 Å². The Morgan fingerprint density at radius 2 is 1.93 bits per heavy atom. The lowest BCUT2D eigenvalue weighted by molar-refractivity contribution is -0.118. The molecule has 2 aliphatic rings. The molecule has 1 aliphatic heterocycles. The molecule has 14 heavy (non-hydrogen) atoms. The summed E-state index contributed by atoms with van der Waals surface area (Å²) in [5, 5.41) is 0. The van der Waals surface area contributed by atoms with E-state index in [1.54, 1.807) is 0 Å². The molecular weight excluding hydrogens is 198 g/mol. The van der Waals surface area contributed by atoms with Crippen molar-refractivity contribution >= 4 is 16.7 Å². The van der Waals surface area contributed by atoms with Gasteiger partial charge < -0.3 is 4.74 Å². The van der Waals surface area contributed by atoms with E-state index in [0.29, 0.717) is 5.41 Å². The van der Waals surface area contributed by atoms with E-state index < -0.39 is 11.0 Å². The molecule has 1 heterocycles. The first kappa shape index (κ1) is 10.3. The van der Waals surface area contributed by atoms with Crippen molar-refractivity contribution in [1.29, 1.82) is 0 Å². The molecule has 80 valence electrons. The highest BCUT2D eigenvalue weighted by molar-refractivity contribution is 7.85.